The SMILES string of the molecule is CCC(Oc1ccccc1C)C(=O)Nc1ccc(C(C)C)cc1. The van der Waals surface area contributed by atoms with Crippen LogP contribution in [-0.2, 0) is 4.79 Å². The second kappa shape index (κ2) is 7.82. The predicted molar refractivity (Wildman–Crippen MR) is 95.0 cm³/mol. The maximum atomic E-state index is 12.4. The summed E-state index contributed by atoms with van der Waals surface area (Å²) in [5, 5.41) is 2.93. The summed E-state index contributed by atoms with van der Waals surface area (Å²) >= 11 is 0. The van der Waals surface area contributed by atoms with Gasteiger partial charge in [0.25, 0.3) is 5.91 Å². The van der Waals surface area contributed by atoms with Gasteiger partial charge in [0, 0.05) is 5.69 Å². The van der Waals surface area contributed by atoms with Crippen molar-refractivity contribution in [3.63, 3.8) is 0 Å². The Kier molecular flexibility index (Phi) is 5.80. The van der Waals surface area contributed by atoms with Crippen molar-refractivity contribution in [2.45, 2.75) is 46.1 Å². The van der Waals surface area contributed by atoms with E-state index in [9.17, 15) is 4.79 Å². The molecular formula is C20H25NO2. The van der Waals surface area contributed by atoms with E-state index in [4.69, 9.17) is 4.74 Å². The summed E-state index contributed by atoms with van der Waals surface area (Å²) in [6, 6.07) is 15.7. The fourth-order valence-corrected chi connectivity index (χ4v) is 2.34. The second-order valence-electron chi connectivity index (χ2n) is 6.05. The number of hydrogen-bond donors (Lipinski definition) is 1. The van der Waals surface area contributed by atoms with Crippen LogP contribution in [0.5, 0.6) is 5.75 Å². The molecule has 0 saturated heterocycles. The number of benzene rings is 2. The van der Waals surface area contributed by atoms with Crippen LogP contribution in [0.25, 0.3) is 0 Å². The number of carbonyl (C=O) groups excluding carboxylic acids is 1. The lowest BCUT2D eigenvalue weighted by molar-refractivity contribution is -0.122. The Hall–Kier alpha value is -2.29. The molecule has 0 aliphatic heterocycles. The number of amides is 1. The van der Waals surface area contributed by atoms with Crippen molar-refractivity contribution in [1.29, 1.82) is 0 Å². The molecule has 2 aromatic carbocycles. The minimum absolute atomic E-state index is 0.118. The molecule has 0 spiro atoms. The summed E-state index contributed by atoms with van der Waals surface area (Å²) < 4.78 is 5.88. The molecule has 0 bridgehead atoms. The average Bonchev–Trinajstić information content (AvgIpc) is 2.54. The van der Waals surface area contributed by atoms with Gasteiger partial charge in [0.2, 0.25) is 0 Å². The molecule has 0 aliphatic rings. The first-order valence-corrected chi connectivity index (χ1v) is 8.14. The van der Waals surface area contributed by atoms with Crippen LogP contribution in [-0.4, -0.2) is 12.0 Å². The molecular weight excluding hydrogens is 286 g/mol. The molecule has 0 fully saturated rings. The number of aryl methyl sites for hydroxylation is 1. The van der Waals surface area contributed by atoms with Crippen LogP contribution in [0.4, 0.5) is 5.69 Å². The van der Waals surface area contributed by atoms with Crippen LogP contribution < -0.4 is 10.1 Å². The fraction of sp³-hybridized carbons (Fsp3) is 0.350. The minimum atomic E-state index is -0.499. The fourth-order valence-electron chi connectivity index (χ4n) is 2.34. The molecule has 1 unspecified atom stereocenters. The zero-order chi connectivity index (χ0) is 16.8. The Balaban J connectivity index is 2.04. The molecule has 1 amide bonds. The van der Waals surface area contributed by atoms with Crippen LogP contribution in [0.15, 0.2) is 48.5 Å². The lowest BCUT2D eigenvalue weighted by Gasteiger charge is -2.18. The van der Waals surface area contributed by atoms with Gasteiger partial charge in [-0.2, -0.15) is 0 Å². The van der Waals surface area contributed by atoms with Crippen LogP contribution in [0.3, 0.4) is 0 Å². The largest absolute Gasteiger partial charge is 0.480 e. The van der Waals surface area contributed by atoms with E-state index in [1.165, 1.54) is 5.56 Å². The third-order valence-electron chi connectivity index (χ3n) is 3.87. The van der Waals surface area contributed by atoms with E-state index in [0.717, 1.165) is 17.0 Å². The third-order valence-corrected chi connectivity index (χ3v) is 3.87. The van der Waals surface area contributed by atoms with Crippen molar-refractivity contribution < 1.29 is 9.53 Å². The molecule has 122 valence electrons. The smallest absolute Gasteiger partial charge is 0.265 e. The van der Waals surface area contributed by atoms with E-state index in [-0.39, 0.29) is 5.91 Å². The number of rotatable bonds is 6. The van der Waals surface area contributed by atoms with Crippen molar-refractivity contribution in [3.8, 4) is 5.75 Å². The standard InChI is InChI=1S/C20H25NO2/c1-5-18(23-19-9-7-6-8-15(19)4)20(22)21-17-12-10-16(11-13-17)14(2)3/h6-14,18H,5H2,1-4H3,(H,21,22). The van der Waals surface area contributed by atoms with Gasteiger partial charge in [0.1, 0.15) is 5.75 Å². The first kappa shape index (κ1) is 17.1. The highest BCUT2D eigenvalue weighted by Crippen LogP contribution is 2.20. The van der Waals surface area contributed by atoms with Crippen molar-refractivity contribution in [2.75, 3.05) is 5.32 Å². The topological polar surface area (TPSA) is 38.3 Å². The van der Waals surface area contributed by atoms with E-state index in [1.807, 2.05) is 62.4 Å². The Bertz CT molecular complexity index is 647. The van der Waals surface area contributed by atoms with E-state index < -0.39 is 6.10 Å². The highest BCUT2D eigenvalue weighted by molar-refractivity contribution is 5.94. The zero-order valence-corrected chi connectivity index (χ0v) is 14.3. The Morgan fingerprint density at radius 1 is 1.09 bits per heavy atom. The van der Waals surface area contributed by atoms with Gasteiger partial charge >= 0.3 is 0 Å². The average molecular weight is 311 g/mol. The molecule has 2 rings (SSSR count). The Morgan fingerprint density at radius 3 is 2.30 bits per heavy atom. The van der Waals surface area contributed by atoms with Gasteiger partial charge in [-0.05, 0) is 48.6 Å². The maximum Gasteiger partial charge on any atom is 0.265 e. The highest BCUT2D eigenvalue weighted by atomic mass is 16.5. The van der Waals surface area contributed by atoms with Crippen LogP contribution in [0.1, 0.15) is 44.2 Å². The number of nitrogens with one attached hydrogen (secondary N) is 1. The molecule has 0 aliphatic carbocycles. The summed E-state index contributed by atoms with van der Waals surface area (Å²) in [5.41, 5.74) is 3.08. The number of hydrogen-bond acceptors (Lipinski definition) is 2. The van der Waals surface area contributed by atoms with Crippen LogP contribution >= 0.6 is 0 Å². The van der Waals surface area contributed by atoms with Crippen molar-refractivity contribution in [2.24, 2.45) is 0 Å². The van der Waals surface area contributed by atoms with Gasteiger partial charge in [0.15, 0.2) is 6.10 Å². The zero-order valence-electron chi connectivity index (χ0n) is 14.3. The molecule has 1 N–H and O–H groups in total. The van der Waals surface area contributed by atoms with Gasteiger partial charge in [-0.15, -0.1) is 0 Å². The number of carbonyl (C=O) groups is 1. The van der Waals surface area contributed by atoms with Crippen LogP contribution in [0, 0.1) is 6.92 Å². The molecule has 0 radical (unpaired) electrons. The van der Waals surface area contributed by atoms with E-state index in [0.29, 0.717) is 12.3 Å². The molecule has 0 saturated carbocycles. The number of anilines is 1. The monoisotopic (exact) mass is 311 g/mol. The number of para-hydroxylation sites is 1. The first-order valence-electron chi connectivity index (χ1n) is 8.14. The summed E-state index contributed by atoms with van der Waals surface area (Å²) in [6.45, 7) is 8.22. The predicted octanol–water partition coefficient (Wildman–Crippen LogP) is 4.91. The Labute approximate surface area is 138 Å². The van der Waals surface area contributed by atoms with E-state index in [1.54, 1.807) is 0 Å². The van der Waals surface area contributed by atoms with Gasteiger partial charge in [-0.25, -0.2) is 0 Å². The molecule has 0 aromatic heterocycles. The molecule has 0 heterocycles. The summed E-state index contributed by atoms with van der Waals surface area (Å²) in [7, 11) is 0. The van der Waals surface area contributed by atoms with E-state index in [2.05, 4.69) is 19.2 Å². The first-order chi connectivity index (χ1) is 11.0. The number of ether oxygens (including phenoxy) is 1. The summed E-state index contributed by atoms with van der Waals surface area (Å²) in [6.07, 6.45) is 0.116. The van der Waals surface area contributed by atoms with Crippen molar-refractivity contribution in [1.82, 2.24) is 0 Å². The Morgan fingerprint density at radius 2 is 1.74 bits per heavy atom. The third kappa shape index (κ3) is 4.59. The molecule has 3 nitrogen and oxygen atoms in total. The van der Waals surface area contributed by atoms with Gasteiger partial charge in [-0.1, -0.05) is 51.1 Å². The quantitative estimate of drug-likeness (QED) is 0.822. The molecule has 1 atom stereocenters. The lowest BCUT2D eigenvalue weighted by atomic mass is 10.0. The van der Waals surface area contributed by atoms with Gasteiger partial charge in [0.05, 0.1) is 0 Å². The normalized spacial score (nSPS) is 12.0. The maximum absolute atomic E-state index is 12.4. The van der Waals surface area contributed by atoms with Crippen molar-refractivity contribution in [3.05, 3.63) is 59.7 Å². The van der Waals surface area contributed by atoms with Gasteiger partial charge < -0.3 is 10.1 Å². The second-order valence-corrected chi connectivity index (χ2v) is 6.05. The minimum Gasteiger partial charge on any atom is -0.480 e. The lowest BCUT2D eigenvalue weighted by Crippen LogP contribution is -2.32. The highest BCUT2D eigenvalue weighted by Gasteiger charge is 2.19. The molecule has 3 heteroatoms. The van der Waals surface area contributed by atoms with Crippen LogP contribution in [0.2, 0.25) is 0 Å². The van der Waals surface area contributed by atoms with Crippen molar-refractivity contribution >= 4 is 11.6 Å². The molecule has 2 aromatic rings. The van der Waals surface area contributed by atoms with Gasteiger partial charge in [-0.3, -0.25) is 4.79 Å². The molecule has 23 heavy (non-hydrogen) atoms. The summed E-state index contributed by atoms with van der Waals surface area (Å²) in [4.78, 5) is 12.4. The van der Waals surface area contributed by atoms with E-state index >= 15 is 0 Å². The summed E-state index contributed by atoms with van der Waals surface area (Å²) in [5.74, 6) is 1.12.